The SMILES string of the molecule is C.C.CCOC(=O)N1Cc2ccc(OC)c(c2)OC/C=C\COc2nc(N)c([N+](=O)[O-])c1n2.CCOC(=O)N1Cc2ccc(OC)c(c2)OCCCCOc2nc(N)c([N+](=O)[O-])c1n2.COc1ccc2cc1OC/C=C\COc1nc(N)c3[nH]c(=O)n(c3n1)C2.COc1ccc2cc1OCCCCOc1nc(N)c3[nH]c(=O)n(c3n1)C2.[2H][2H].[2H][2H].[2H][2H].[B]B([B])B([B])[B]. The molecule has 0 saturated heterocycles. The summed E-state index contributed by atoms with van der Waals surface area (Å²) in [6.07, 6.45) is 6.99. The molecule has 4 aliphatic heterocycles. The van der Waals surface area contributed by atoms with E-state index in [1.54, 1.807) is 88.8 Å². The Balaban J connectivity index is 0.000000289. The second-order valence-corrected chi connectivity index (χ2v) is 25.5. The Morgan fingerprint density at radius 1 is 0.459 bits per heavy atom. The average Bonchev–Trinajstić information content (AvgIpc) is 1.57. The van der Waals surface area contributed by atoms with Crippen molar-refractivity contribution >= 4 is 125 Å². The molecule has 4 aliphatic rings. The number of amides is 2. The van der Waals surface area contributed by atoms with E-state index in [9.17, 15) is 39.4 Å². The number of benzene rings is 4. The van der Waals surface area contributed by atoms with Crippen molar-refractivity contribution in [3.8, 4) is 70.0 Å². The lowest BCUT2D eigenvalue weighted by Crippen LogP contribution is -2.38. The summed E-state index contributed by atoms with van der Waals surface area (Å²) < 4.78 is 110. The third-order valence-corrected chi connectivity index (χ3v) is 17.3. The van der Waals surface area contributed by atoms with Crippen LogP contribution in [0.4, 0.5) is 55.9 Å². The normalized spacial score (nSPS) is 14.1. The minimum absolute atomic E-state index is 0. The summed E-state index contributed by atoms with van der Waals surface area (Å²) in [6.45, 7) is 6.21. The van der Waals surface area contributed by atoms with E-state index < -0.39 is 57.8 Å². The molecular formula is C74H94B6N20O22. The molecular weight excluding hydrogens is 1590 g/mol. The number of nitrogens with one attached hydrogen (secondary N) is 2. The van der Waals surface area contributed by atoms with Gasteiger partial charge in [-0.05, 0) is 135 Å². The van der Waals surface area contributed by atoms with Gasteiger partial charge in [0, 0.05) is 52.6 Å². The highest BCUT2D eigenvalue weighted by Crippen LogP contribution is 2.39. The second-order valence-electron chi connectivity index (χ2n) is 25.5. The molecule has 0 unspecified atom stereocenters. The van der Waals surface area contributed by atoms with E-state index in [-0.39, 0.29) is 133 Å². The van der Waals surface area contributed by atoms with Crippen LogP contribution in [0.1, 0.15) is 85.5 Å². The van der Waals surface area contributed by atoms with E-state index in [0.717, 1.165) is 33.8 Å². The fourth-order valence-electron chi connectivity index (χ4n) is 11.4. The van der Waals surface area contributed by atoms with Crippen LogP contribution in [-0.4, -0.2) is 219 Å². The lowest BCUT2D eigenvalue weighted by molar-refractivity contribution is -0.383. The van der Waals surface area contributed by atoms with Crippen molar-refractivity contribution in [2.24, 2.45) is 0 Å². The van der Waals surface area contributed by atoms with Gasteiger partial charge in [0.05, 0.1) is 104 Å². The number of fused-ring (bicyclic) bond motifs is 14. The van der Waals surface area contributed by atoms with Crippen molar-refractivity contribution in [2.75, 3.05) is 127 Å². The van der Waals surface area contributed by atoms with Crippen LogP contribution < -0.4 is 101 Å². The molecule has 0 fully saturated rings. The molecule has 0 aliphatic carbocycles. The summed E-state index contributed by atoms with van der Waals surface area (Å²) in [5, 5.41) is 23.4. The van der Waals surface area contributed by atoms with Gasteiger partial charge >= 0.3 is 59.0 Å². The number of methoxy groups -OCH3 is 4. The van der Waals surface area contributed by atoms with E-state index in [1.807, 2.05) is 36.4 Å². The van der Waals surface area contributed by atoms with Crippen LogP contribution >= 0.6 is 0 Å². The van der Waals surface area contributed by atoms with Gasteiger partial charge in [0.2, 0.25) is 23.3 Å². The van der Waals surface area contributed by atoms with Crippen LogP contribution in [0.25, 0.3) is 22.3 Å². The van der Waals surface area contributed by atoms with Gasteiger partial charge in [0.1, 0.15) is 37.5 Å². The topological polar surface area (TPSA) is 539 Å². The predicted octanol–water partition coefficient (Wildman–Crippen LogP) is 7.28. The van der Waals surface area contributed by atoms with Gasteiger partial charge < -0.3 is 99.2 Å². The molecule has 8 radical (unpaired) electrons. The number of aromatic amines is 2. The maximum absolute atomic E-state index is 12.7. The monoisotopic (exact) mass is 1690 g/mol. The van der Waals surface area contributed by atoms with E-state index in [0.29, 0.717) is 125 Å². The molecule has 0 saturated carbocycles. The molecule has 6 aromatic heterocycles. The number of hydrogen-bond donors (Lipinski definition) is 6. The summed E-state index contributed by atoms with van der Waals surface area (Å²) in [4.78, 5) is 112. The number of nitrogen functional groups attached to an aromatic ring is 4. The van der Waals surface area contributed by atoms with Crippen molar-refractivity contribution in [2.45, 2.75) is 80.6 Å². The first-order valence-electron chi connectivity index (χ1n) is 39.9. The standard InChI is InChI=1S/C19H23N5O7.C19H21N5O7.C17H19N5O4.C17H17N5O4.2CH4.B6.3H2/c2*1-3-29-19(25)23-11-12-6-7-13(28-2)14(10-12)30-8-4-5-9-31-18-21-16(20)15(24(26)27)17(23)22-18;2*1-24-11-5-4-10-8-12(11)25-6-2-3-7-26-16-20-14(18)13-15(21-16)22(9-10)17(23)19-13;;;1-5(2)6(3)4;;;/h6-7,10H,3-5,8-9,11H2,1-2H3,(H2,20,21,22);4-7,10H,3,8-9,11H2,1-2H3,(H2,20,21,22);4-5,8H,2-3,6-7,9H2,1H3,(H,19,23)(H2,18,20,21);2-5,8H,6-7,9H2,1H3,(H,19,23)(H2,18,20,21);2*1H4;;3*1H/b;5-4-;;3-2-;;;;;;/i;;;;;;;3*1+1D. The third kappa shape index (κ3) is 24.0. The number of rotatable bonds is 9. The largest absolute Gasteiger partial charge is 0.493 e. The van der Waals surface area contributed by atoms with Gasteiger partial charge in [-0.1, -0.05) is 39.1 Å². The summed E-state index contributed by atoms with van der Waals surface area (Å²) in [6, 6.07) is 21.1. The lowest BCUT2D eigenvalue weighted by Gasteiger charge is -2.22. The smallest absolute Gasteiger partial charge is 0.415 e. The van der Waals surface area contributed by atoms with Crippen molar-refractivity contribution in [3.63, 3.8) is 0 Å². The minimum Gasteiger partial charge on any atom is -0.493 e. The molecule has 10 aromatic rings. The Kier molecular flexibility index (Phi) is 32.3. The highest BCUT2D eigenvalue weighted by Gasteiger charge is 2.35. The molecule has 2 amide bonds. The number of aromatic nitrogens is 12. The Morgan fingerprint density at radius 3 is 1.08 bits per heavy atom. The maximum atomic E-state index is 12.7. The molecule has 14 rings (SSSR count). The number of ether oxygens (including phenoxy) is 14. The first-order valence-corrected chi connectivity index (χ1v) is 36.9. The zero-order chi connectivity index (χ0) is 92.1. The zero-order valence-corrected chi connectivity index (χ0v) is 66.0. The number of carbonyl (C=O) groups is 2. The minimum atomic E-state index is -0.847. The second kappa shape index (κ2) is 44.5. The van der Waals surface area contributed by atoms with E-state index in [2.05, 4.69) is 49.8 Å². The molecule has 16 bridgehead atoms. The van der Waals surface area contributed by atoms with Gasteiger partial charge in [0.15, 0.2) is 68.9 Å². The van der Waals surface area contributed by atoms with E-state index >= 15 is 0 Å². The van der Waals surface area contributed by atoms with Crippen molar-refractivity contribution < 1.29 is 94.7 Å². The van der Waals surface area contributed by atoms with Gasteiger partial charge in [0.25, 0.3) is 0 Å². The Morgan fingerprint density at radius 2 is 0.754 bits per heavy atom. The fourth-order valence-corrected chi connectivity index (χ4v) is 11.4. The van der Waals surface area contributed by atoms with Crippen LogP contribution in [0.5, 0.6) is 70.0 Å². The maximum Gasteiger partial charge on any atom is 0.415 e. The quantitative estimate of drug-likeness (QED) is 0.0358. The van der Waals surface area contributed by atoms with Gasteiger partial charge in [-0.15, -0.1) is 0 Å². The summed E-state index contributed by atoms with van der Waals surface area (Å²) in [7, 11) is 26.1. The Hall–Kier alpha value is -14.3. The molecule has 122 heavy (non-hydrogen) atoms. The zero-order valence-electron chi connectivity index (χ0n) is 72.0. The number of carbonyl (C=O) groups excluding carboxylic acids is 2. The molecule has 0 spiro atoms. The number of nitro groups is 2. The number of imidazole rings is 2. The lowest BCUT2D eigenvalue weighted by atomic mass is 8.81. The third-order valence-electron chi connectivity index (χ3n) is 17.3. The van der Waals surface area contributed by atoms with Crippen molar-refractivity contribution in [1.82, 2.24) is 59.0 Å². The van der Waals surface area contributed by atoms with Crippen molar-refractivity contribution in [3.05, 3.63) is 161 Å². The predicted molar refractivity (Wildman–Crippen MR) is 463 cm³/mol. The summed E-state index contributed by atoms with van der Waals surface area (Å²) in [5.74, 6) is 3.28. The molecule has 42 nitrogen and oxygen atoms in total. The first kappa shape index (κ1) is 88.6. The number of nitrogens with zero attached hydrogens (tertiary/aromatic N) is 14. The van der Waals surface area contributed by atoms with E-state index in [4.69, 9.17) is 129 Å². The Bertz CT molecular complexity index is 5520. The van der Waals surface area contributed by atoms with E-state index in [1.165, 1.54) is 23.4 Å². The van der Waals surface area contributed by atoms with Gasteiger partial charge in [-0.3, -0.25) is 39.2 Å². The van der Waals surface area contributed by atoms with Crippen LogP contribution in [-0.2, 0) is 35.7 Å². The fraction of sp³-hybridized carbons (Fsp3) is 0.351. The molecule has 10 N–H and O–H groups in total. The highest BCUT2D eigenvalue weighted by atomic mass is 16.6. The molecule has 0 atom stereocenters. The Labute approximate surface area is 713 Å². The number of nitrogens with two attached hydrogens (primary N) is 4. The van der Waals surface area contributed by atoms with Crippen LogP contribution in [0.15, 0.2) is 107 Å². The number of H-pyrrole nitrogens is 2. The summed E-state index contributed by atoms with van der Waals surface area (Å²) >= 11 is 0. The average molecular weight is 1690 g/mol. The van der Waals surface area contributed by atoms with Crippen LogP contribution in [0.2, 0.25) is 0 Å². The molecule has 640 valence electrons. The summed E-state index contributed by atoms with van der Waals surface area (Å²) in [5.41, 5.74) is 26.1. The van der Waals surface area contributed by atoms with Crippen LogP contribution in [0, 0.1) is 20.2 Å². The van der Waals surface area contributed by atoms with Gasteiger partial charge in [-0.2, -0.15) is 39.9 Å². The van der Waals surface area contributed by atoms with Crippen LogP contribution in [0.3, 0.4) is 0 Å². The molecule has 4 aromatic carbocycles. The molecule has 48 heteroatoms. The first-order chi connectivity index (χ1) is 60.8. The molecule has 10 heterocycles. The number of anilines is 6. The van der Waals surface area contributed by atoms with Gasteiger partial charge in [-0.25, -0.2) is 19.2 Å². The highest BCUT2D eigenvalue weighted by molar-refractivity contribution is 7.76. The van der Waals surface area contributed by atoms with Crippen molar-refractivity contribution in [1.29, 1.82) is 0 Å². The number of hydrogen-bond acceptors (Lipinski definition) is 34.